The lowest BCUT2D eigenvalue weighted by molar-refractivity contribution is 0.392. The van der Waals surface area contributed by atoms with Gasteiger partial charge in [-0.15, -0.1) is 11.8 Å². The average molecular weight is 274 g/mol. The van der Waals surface area contributed by atoms with Gasteiger partial charge in [-0.3, -0.25) is 0 Å². The Morgan fingerprint density at radius 2 is 2.21 bits per heavy atom. The molecule has 0 heterocycles. The maximum atomic E-state index is 9.37. The third-order valence-electron chi connectivity index (χ3n) is 4.45. The van der Waals surface area contributed by atoms with Crippen LogP contribution in [0.3, 0.4) is 0 Å². The van der Waals surface area contributed by atoms with E-state index in [0.717, 1.165) is 22.1 Å². The monoisotopic (exact) mass is 274 g/mol. The first kappa shape index (κ1) is 14.3. The zero-order valence-electron chi connectivity index (χ0n) is 11.9. The number of rotatable bonds is 4. The molecule has 3 unspecified atom stereocenters. The molecule has 0 saturated heterocycles. The minimum absolute atomic E-state index is 0.508. The fraction of sp³-hybridized carbons (Fsp3) is 0.562. The molecule has 3 heteroatoms. The lowest BCUT2D eigenvalue weighted by Crippen LogP contribution is -2.25. The first-order chi connectivity index (χ1) is 9.21. The molecule has 0 aromatic heterocycles. The van der Waals surface area contributed by atoms with Crippen molar-refractivity contribution in [2.24, 2.45) is 11.8 Å². The molecule has 19 heavy (non-hydrogen) atoms. The van der Waals surface area contributed by atoms with Crippen molar-refractivity contribution in [1.82, 2.24) is 0 Å². The van der Waals surface area contributed by atoms with Crippen molar-refractivity contribution in [1.29, 1.82) is 5.26 Å². The molecular formula is C16H22N2S. The summed E-state index contributed by atoms with van der Waals surface area (Å²) >= 11 is 1.64. The van der Waals surface area contributed by atoms with E-state index in [1.807, 2.05) is 24.5 Å². The molecule has 1 aliphatic carbocycles. The molecule has 0 bridgehead atoms. The van der Waals surface area contributed by atoms with E-state index < -0.39 is 0 Å². The summed E-state index contributed by atoms with van der Waals surface area (Å²) < 4.78 is 0. The predicted octanol–water partition coefficient (Wildman–Crippen LogP) is 4.52. The van der Waals surface area contributed by atoms with Crippen LogP contribution in [-0.4, -0.2) is 12.3 Å². The highest BCUT2D eigenvalue weighted by molar-refractivity contribution is 7.98. The van der Waals surface area contributed by atoms with Gasteiger partial charge >= 0.3 is 0 Å². The first-order valence-corrected chi connectivity index (χ1v) is 8.27. The van der Waals surface area contributed by atoms with E-state index in [4.69, 9.17) is 0 Å². The summed E-state index contributed by atoms with van der Waals surface area (Å²) in [6.45, 7) is 4.61. The molecule has 0 spiro atoms. The van der Waals surface area contributed by atoms with Crippen molar-refractivity contribution in [2.75, 3.05) is 11.6 Å². The molecule has 2 nitrogen and oxygen atoms in total. The number of hydrogen-bond acceptors (Lipinski definition) is 3. The molecule has 1 aromatic carbocycles. The Kier molecular flexibility index (Phi) is 4.76. The predicted molar refractivity (Wildman–Crippen MR) is 82.5 cm³/mol. The molecule has 1 aromatic rings. The summed E-state index contributed by atoms with van der Waals surface area (Å²) in [7, 11) is 0. The van der Waals surface area contributed by atoms with Gasteiger partial charge in [0.05, 0.1) is 11.3 Å². The van der Waals surface area contributed by atoms with Gasteiger partial charge in [0.25, 0.3) is 0 Å². The zero-order valence-corrected chi connectivity index (χ0v) is 12.8. The Balaban J connectivity index is 2.18. The van der Waals surface area contributed by atoms with Crippen LogP contribution in [0.2, 0.25) is 0 Å². The molecule has 3 atom stereocenters. The number of hydrogen-bond donors (Lipinski definition) is 1. The van der Waals surface area contributed by atoms with Gasteiger partial charge in [-0.2, -0.15) is 5.26 Å². The summed E-state index contributed by atoms with van der Waals surface area (Å²) in [6, 6.07) is 8.94. The van der Waals surface area contributed by atoms with Crippen molar-refractivity contribution in [2.45, 2.75) is 44.0 Å². The van der Waals surface area contributed by atoms with Gasteiger partial charge in [0.2, 0.25) is 0 Å². The van der Waals surface area contributed by atoms with Crippen LogP contribution >= 0.6 is 11.8 Å². The Bertz CT molecular complexity index is 478. The van der Waals surface area contributed by atoms with Crippen LogP contribution in [0.4, 0.5) is 5.69 Å². The maximum Gasteiger partial charge on any atom is 0.102 e. The number of nitrogens with one attached hydrogen (secondary N) is 1. The smallest absolute Gasteiger partial charge is 0.102 e. The standard InChI is InChI=1S/C16H22N2S/c1-4-12-8-9-14(11(12)2)18-15-6-5-7-16(19-3)13(15)10-17/h5-7,11-12,14,18H,4,8-9H2,1-3H3. The molecule has 0 radical (unpaired) electrons. The SMILES string of the molecule is CCC1CCC(Nc2cccc(SC)c2C#N)C1C. The summed E-state index contributed by atoms with van der Waals surface area (Å²) in [5.41, 5.74) is 1.80. The fourth-order valence-corrected chi connectivity index (χ4v) is 3.74. The van der Waals surface area contributed by atoms with E-state index in [1.165, 1.54) is 19.3 Å². The van der Waals surface area contributed by atoms with Crippen molar-refractivity contribution in [3.8, 4) is 6.07 Å². The molecule has 1 aliphatic rings. The van der Waals surface area contributed by atoms with Gasteiger partial charge in [0, 0.05) is 10.9 Å². The van der Waals surface area contributed by atoms with E-state index in [2.05, 4.69) is 25.2 Å². The van der Waals surface area contributed by atoms with Gasteiger partial charge < -0.3 is 5.32 Å². The Morgan fingerprint density at radius 3 is 2.79 bits per heavy atom. The largest absolute Gasteiger partial charge is 0.381 e. The molecule has 0 amide bonds. The number of thioether (sulfide) groups is 1. The lowest BCUT2D eigenvalue weighted by Gasteiger charge is -2.23. The fourth-order valence-electron chi connectivity index (χ4n) is 3.16. The number of nitrogens with zero attached hydrogens (tertiary/aromatic N) is 1. The second kappa shape index (κ2) is 6.34. The number of benzene rings is 1. The summed E-state index contributed by atoms with van der Waals surface area (Å²) in [4.78, 5) is 1.06. The normalized spacial score (nSPS) is 26.1. The Labute approximate surface area is 120 Å². The van der Waals surface area contributed by atoms with E-state index >= 15 is 0 Å². The maximum absolute atomic E-state index is 9.37. The summed E-state index contributed by atoms with van der Waals surface area (Å²) in [5, 5.41) is 13.0. The van der Waals surface area contributed by atoms with Gasteiger partial charge in [0.15, 0.2) is 0 Å². The second-order valence-corrected chi connectivity index (χ2v) is 6.20. The Morgan fingerprint density at radius 1 is 1.42 bits per heavy atom. The summed E-state index contributed by atoms with van der Waals surface area (Å²) in [6.07, 6.45) is 5.80. The van der Waals surface area contributed by atoms with Crippen LogP contribution in [-0.2, 0) is 0 Å². The van der Waals surface area contributed by atoms with Crippen molar-refractivity contribution in [3.63, 3.8) is 0 Å². The van der Waals surface area contributed by atoms with E-state index in [1.54, 1.807) is 11.8 Å². The van der Waals surface area contributed by atoms with Crippen molar-refractivity contribution < 1.29 is 0 Å². The zero-order chi connectivity index (χ0) is 13.8. The third kappa shape index (κ3) is 2.90. The van der Waals surface area contributed by atoms with E-state index in [0.29, 0.717) is 12.0 Å². The quantitative estimate of drug-likeness (QED) is 0.820. The Hall–Kier alpha value is -1.14. The van der Waals surface area contributed by atoms with Gasteiger partial charge in [0.1, 0.15) is 6.07 Å². The minimum atomic E-state index is 0.508. The highest BCUT2D eigenvalue weighted by Crippen LogP contribution is 2.37. The number of nitriles is 1. The van der Waals surface area contributed by atoms with Gasteiger partial charge in [-0.05, 0) is 43.1 Å². The van der Waals surface area contributed by atoms with Crippen LogP contribution in [0.15, 0.2) is 23.1 Å². The number of anilines is 1. The average Bonchev–Trinajstić information content (AvgIpc) is 2.79. The molecule has 1 fully saturated rings. The molecule has 102 valence electrons. The molecule has 0 aliphatic heterocycles. The van der Waals surface area contributed by atoms with Crippen LogP contribution < -0.4 is 5.32 Å². The molecular weight excluding hydrogens is 252 g/mol. The van der Waals surface area contributed by atoms with Crippen LogP contribution in [0, 0.1) is 23.2 Å². The topological polar surface area (TPSA) is 35.8 Å². The van der Waals surface area contributed by atoms with Crippen LogP contribution in [0.25, 0.3) is 0 Å². The molecule has 1 N–H and O–H groups in total. The van der Waals surface area contributed by atoms with Crippen molar-refractivity contribution >= 4 is 17.4 Å². The van der Waals surface area contributed by atoms with Gasteiger partial charge in [-0.25, -0.2) is 0 Å². The molecule has 1 saturated carbocycles. The van der Waals surface area contributed by atoms with Gasteiger partial charge in [-0.1, -0.05) is 26.3 Å². The third-order valence-corrected chi connectivity index (χ3v) is 5.23. The van der Waals surface area contributed by atoms with E-state index in [-0.39, 0.29) is 0 Å². The molecule has 2 rings (SSSR count). The highest BCUT2D eigenvalue weighted by Gasteiger charge is 2.31. The highest BCUT2D eigenvalue weighted by atomic mass is 32.2. The summed E-state index contributed by atoms with van der Waals surface area (Å²) in [5.74, 6) is 1.52. The van der Waals surface area contributed by atoms with E-state index in [9.17, 15) is 5.26 Å². The lowest BCUT2D eigenvalue weighted by atomic mass is 9.93. The van der Waals surface area contributed by atoms with Crippen LogP contribution in [0.1, 0.15) is 38.7 Å². The van der Waals surface area contributed by atoms with Crippen LogP contribution in [0.5, 0.6) is 0 Å². The van der Waals surface area contributed by atoms with Crippen molar-refractivity contribution in [3.05, 3.63) is 23.8 Å². The second-order valence-electron chi connectivity index (χ2n) is 5.35. The first-order valence-electron chi connectivity index (χ1n) is 7.04. The minimum Gasteiger partial charge on any atom is -0.381 e.